The summed E-state index contributed by atoms with van der Waals surface area (Å²) in [5.41, 5.74) is 0.570. The minimum absolute atomic E-state index is 0.0255. The van der Waals surface area contributed by atoms with Gasteiger partial charge in [-0.1, -0.05) is 13.8 Å². The van der Waals surface area contributed by atoms with E-state index < -0.39 is 0 Å². The van der Waals surface area contributed by atoms with E-state index in [1.165, 1.54) is 11.3 Å². The van der Waals surface area contributed by atoms with Gasteiger partial charge in [-0.25, -0.2) is 4.98 Å². The fourth-order valence-electron chi connectivity index (χ4n) is 1.68. The lowest BCUT2D eigenvalue weighted by Crippen LogP contribution is -2.36. The molecule has 0 aliphatic heterocycles. The molecule has 16 heavy (non-hydrogen) atoms. The molecule has 0 fully saturated rings. The van der Waals surface area contributed by atoms with E-state index in [1.807, 2.05) is 19.4 Å². The molecule has 0 aliphatic carbocycles. The Bertz CT molecular complexity index is 360. The van der Waals surface area contributed by atoms with Crippen molar-refractivity contribution in [3.63, 3.8) is 0 Å². The number of aryl methyl sites for hydroxylation is 1. The second-order valence-corrected chi connectivity index (χ2v) is 5.71. The maximum absolute atomic E-state index is 12.1. The molecule has 1 heterocycles. The Labute approximate surface area is 101 Å². The number of hydrogen-bond acceptors (Lipinski definition) is 3. The standard InChI is InChI=1S/C12H20N2OS/c1-8(2)6-9(3)14(5)12(15)11-7-16-10(4)13-11/h7-9H,6H2,1-5H3. The first-order valence-electron chi connectivity index (χ1n) is 5.61. The maximum atomic E-state index is 12.1. The van der Waals surface area contributed by atoms with Gasteiger partial charge in [0.2, 0.25) is 0 Å². The van der Waals surface area contributed by atoms with Crippen LogP contribution in [0.4, 0.5) is 0 Å². The van der Waals surface area contributed by atoms with E-state index >= 15 is 0 Å². The van der Waals surface area contributed by atoms with E-state index in [0.29, 0.717) is 11.6 Å². The van der Waals surface area contributed by atoms with Gasteiger partial charge < -0.3 is 4.90 Å². The van der Waals surface area contributed by atoms with E-state index in [2.05, 4.69) is 25.8 Å². The smallest absolute Gasteiger partial charge is 0.273 e. The average Bonchev–Trinajstić information content (AvgIpc) is 2.61. The Kier molecular flexibility index (Phi) is 4.47. The number of rotatable bonds is 4. The summed E-state index contributed by atoms with van der Waals surface area (Å²) in [6.07, 6.45) is 1.02. The normalized spacial score (nSPS) is 12.9. The van der Waals surface area contributed by atoms with Crippen molar-refractivity contribution in [2.75, 3.05) is 7.05 Å². The van der Waals surface area contributed by atoms with E-state index in [9.17, 15) is 4.79 Å². The molecule has 0 radical (unpaired) electrons. The summed E-state index contributed by atoms with van der Waals surface area (Å²) in [6, 6.07) is 0.259. The largest absolute Gasteiger partial charge is 0.338 e. The first-order valence-corrected chi connectivity index (χ1v) is 6.49. The Balaban J connectivity index is 2.67. The van der Waals surface area contributed by atoms with Crippen LogP contribution in [0.3, 0.4) is 0 Å². The number of carbonyl (C=O) groups excluding carboxylic acids is 1. The highest BCUT2D eigenvalue weighted by Crippen LogP contribution is 2.14. The molecule has 0 N–H and O–H groups in total. The topological polar surface area (TPSA) is 33.2 Å². The van der Waals surface area contributed by atoms with Crippen molar-refractivity contribution in [1.29, 1.82) is 0 Å². The van der Waals surface area contributed by atoms with Crippen LogP contribution in [-0.2, 0) is 0 Å². The van der Waals surface area contributed by atoms with Crippen molar-refractivity contribution >= 4 is 17.2 Å². The van der Waals surface area contributed by atoms with E-state index in [4.69, 9.17) is 0 Å². The summed E-state index contributed by atoms with van der Waals surface area (Å²) in [7, 11) is 1.85. The van der Waals surface area contributed by atoms with Crippen LogP contribution in [0, 0.1) is 12.8 Å². The fraction of sp³-hybridized carbons (Fsp3) is 0.667. The van der Waals surface area contributed by atoms with E-state index in [-0.39, 0.29) is 11.9 Å². The van der Waals surface area contributed by atoms with Crippen molar-refractivity contribution in [2.24, 2.45) is 5.92 Å². The lowest BCUT2D eigenvalue weighted by molar-refractivity contribution is 0.0723. The van der Waals surface area contributed by atoms with Crippen molar-refractivity contribution in [3.05, 3.63) is 16.1 Å². The van der Waals surface area contributed by atoms with Crippen molar-refractivity contribution in [3.8, 4) is 0 Å². The zero-order valence-electron chi connectivity index (χ0n) is 10.7. The molecule has 1 amide bonds. The summed E-state index contributed by atoms with van der Waals surface area (Å²) in [5.74, 6) is 0.625. The molecule has 3 nitrogen and oxygen atoms in total. The molecule has 0 aliphatic rings. The Hall–Kier alpha value is -0.900. The summed E-state index contributed by atoms with van der Waals surface area (Å²) in [6.45, 7) is 8.33. The predicted molar refractivity (Wildman–Crippen MR) is 67.9 cm³/mol. The van der Waals surface area contributed by atoms with E-state index in [0.717, 1.165) is 11.4 Å². The number of amides is 1. The van der Waals surface area contributed by atoms with Gasteiger partial charge in [-0.2, -0.15) is 0 Å². The quantitative estimate of drug-likeness (QED) is 0.810. The molecule has 4 heteroatoms. The SMILES string of the molecule is Cc1nc(C(=O)N(C)C(C)CC(C)C)cs1. The van der Waals surface area contributed by atoms with Crippen LogP contribution in [0.2, 0.25) is 0 Å². The third-order valence-corrected chi connectivity index (χ3v) is 3.41. The lowest BCUT2D eigenvalue weighted by Gasteiger charge is -2.25. The molecule has 0 spiro atoms. The molecule has 1 unspecified atom stereocenters. The third-order valence-electron chi connectivity index (χ3n) is 2.63. The number of hydrogen-bond donors (Lipinski definition) is 0. The zero-order chi connectivity index (χ0) is 12.3. The molecule has 1 aromatic rings. The number of thiazole rings is 1. The molecule has 1 rings (SSSR count). The van der Waals surface area contributed by atoms with Crippen LogP contribution < -0.4 is 0 Å². The van der Waals surface area contributed by atoms with Gasteiger partial charge in [0.05, 0.1) is 5.01 Å². The molecule has 90 valence electrons. The van der Waals surface area contributed by atoms with Gasteiger partial charge in [-0.05, 0) is 26.2 Å². The average molecular weight is 240 g/mol. The van der Waals surface area contributed by atoms with Crippen molar-refractivity contribution in [2.45, 2.75) is 40.2 Å². The molecular weight excluding hydrogens is 220 g/mol. The number of aromatic nitrogens is 1. The van der Waals surface area contributed by atoms with Gasteiger partial charge in [-0.3, -0.25) is 4.79 Å². The minimum Gasteiger partial charge on any atom is -0.338 e. The van der Waals surface area contributed by atoms with Crippen LogP contribution in [0.15, 0.2) is 5.38 Å². The number of carbonyl (C=O) groups is 1. The van der Waals surface area contributed by atoms with Crippen molar-refractivity contribution in [1.82, 2.24) is 9.88 Å². The highest BCUT2D eigenvalue weighted by Gasteiger charge is 2.19. The molecule has 0 bridgehead atoms. The molecule has 0 saturated heterocycles. The second-order valence-electron chi connectivity index (χ2n) is 4.65. The van der Waals surface area contributed by atoms with Gasteiger partial charge in [0, 0.05) is 18.5 Å². The Morgan fingerprint density at radius 3 is 2.56 bits per heavy atom. The molecular formula is C12H20N2OS. The second kappa shape index (κ2) is 5.43. The van der Waals surface area contributed by atoms with Gasteiger partial charge in [-0.15, -0.1) is 11.3 Å². The predicted octanol–water partition coefficient (Wildman–Crippen LogP) is 2.96. The summed E-state index contributed by atoms with van der Waals surface area (Å²) in [4.78, 5) is 18.1. The van der Waals surface area contributed by atoms with Crippen LogP contribution in [0.25, 0.3) is 0 Å². The van der Waals surface area contributed by atoms with Gasteiger partial charge in [0.1, 0.15) is 5.69 Å². The maximum Gasteiger partial charge on any atom is 0.273 e. The highest BCUT2D eigenvalue weighted by molar-refractivity contribution is 7.09. The molecule has 0 saturated carbocycles. The van der Waals surface area contributed by atoms with Crippen LogP contribution >= 0.6 is 11.3 Å². The molecule has 1 aromatic heterocycles. The monoisotopic (exact) mass is 240 g/mol. The minimum atomic E-state index is 0.0255. The summed E-state index contributed by atoms with van der Waals surface area (Å²) in [5, 5.41) is 2.77. The van der Waals surface area contributed by atoms with Crippen LogP contribution in [-0.4, -0.2) is 28.9 Å². The Morgan fingerprint density at radius 1 is 1.50 bits per heavy atom. The fourth-order valence-corrected chi connectivity index (χ4v) is 2.27. The van der Waals surface area contributed by atoms with Crippen LogP contribution in [0.5, 0.6) is 0 Å². The van der Waals surface area contributed by atoms with Gasteiger partial charge >= 0.3 is 0 Å². The first kappa shape index (κ1) is 13.2. The third kappa shape index (κ3) is 3.30. The van der Waals surface area contributed by atoms with Gasteiger partial charge in [0.25, 0.3) is 5.91 Å². The van der Waals surface area contributed by atoms with Crippen molar-refractivity contribution < 1.29 is 4.79 Å². The van der Waals surface area contributed by atoms with Gasteiger partial charge in [0.15, 0.2) is 0 Å². The van der Waals surface area contributed by atoms with E-state index in [1.54, 1.807) is 4.90 Å². The first-order chi connectivity index (χ1) is 7.41. The Morgan fingerprint density at radius 2 is 2.12 bits per heavy atom. The zero-order valence-corrected chi connectivity index (χ0v) is 11.5. The molecule has 1 atom stereocenters. The highest BCUT2D eigenvalue weighted by atomic mass is 32.1. The lowest BCUT2D eigenvalue weighted by atomic mass is 10.0. The molecule has 0 aromatic carbocycles. The summed E-state index contributed by atoms with van der Waals surface area (Å²) < 4.78 is 0. The number of nitrogens with zero attached hydrogens (tertiary/aromatic N) is 2. The summed E-state index contributed by atoms with van der Waals surface area (Å²) >= 11 is 1.52. The van der Waals surface area contributed by atoms with Crippen LogP contribution in [0.1, 0.15) is 42.7 Å².